The van der Waals surface area contributed by atoms with Crippen LogP contribution in [0.2, 0.25) is 0 Å². The van der Waals surface area contributed by atoms with Gasteiger partial charge in [0.15, 0.2) is 0 Å². The first-order valence-corrected chi connectivity index (χ1v) is 8.84. The Morgan fingerprint density at radius 1 is 0.818 bits per heavy atom. The smallest absolute Gasteiger partial charge is 0.123 e. The van der Waals surface area contributed by atoms with E-state index in [1.165, 1.54) is 37.7 Å². The van der Waals surface area contributed by atoms with Gasteiger partial charge in [-0.3, -0.25) is 0 Å². The first kappa shape index (κ1) is 17.4. The van der Waals surface area contributed by atoms with Gasteiger partial charge in [0.2, 0.25) is 0 Å². The fourth-order valence-corrected chi connectivity index (χ4v) is 3.75. The molecule has 0 aromatic heterocycles. The van der Waals surface area contributed by atoms with Crippen LogP contribution in [0.1, 0.15) is 97.3 Å². The van der Waals surface area contributed by atoms with Gasteiger partial charge in [-0.2, -0.15) is 0 Å². The summed E-state index contributed by atoms with van der Waals surface area (Å²) in [6.07, 6.45) is 6.56. The molecule has 1 aliphatic rings. The van der Waals surface area contributed by atoms with Gasteiger partial charge in [-0.05, 0) is 45.8 Å². The summed E-state index contributed by atoms with van der Waals surface area (Å²) < 4.78 is 0. The number of hydrogen-bond donors (Lipinski definition) is 1. The summed E-state index contributed by atoms with van der Waals surface area (Å²) in [6.45, 7) is 15.6. The van der Waals surface area contributed by atoms with Crippen LogP contribution in [0.4, 0.5) is 0 Å². The highest BCUT2D eigenvalue weighted by Crippen LogP contribution is 2.45. The number of benzene rings is 1. The van der Waals surface area contributed by atoms with Crippen molar-refractivity contribution in [2.75, 3.05) is 0 Å². The highest BCUT2D eigenvalue weighted by atomic mass is 16.3. The fourth-order valence-electron chi connectivity index (χ4n) is 3.75. The normalized spacial score (nSPS) is 19.2. The van der Waals surface area contributed by atoms with E-state index in [0.29, 0.717) is 5.75 Å². The molecule has 0 saturated heterocycles. The standard InChI is InChI=1S/C21H34O/c1-19(2,3)16-13-15(21(7)11-9-8-10-12-21)14-17(18(16)22)20(4,5)6/h13-14,22H,8-12H2,1-7H3. The Balaban J connectivity index is 2.65. The average molecular weight is 303 g/mol. The second-order valence-corrected chi connectivity index (χ2v) is 9.54. The van der Waals surface area contributed by atoms with E-state index in [0.717, 1.165) is 11.1 Å². The summed E-state index contributed by atoms with van der Waals surface area (Å²) in [6, 6.07) is 4.58. The SMILES string of the molecule is CC(C)(C)c1cc(C2(C)CCCCC2)cc(C(C)(C)C)c1O. The molecule has 1 fully saturated rings. The zero-order valence-corrected chi connectivity index (χ0v) is 15.6. The molecule has 0 radical (unpaired) electrons. The highest BCUT2D eigenvalue weighted by molar-refractivity contribution is 5.51. The summed E-state index contributed by atoms with van der Waals surface area (Å²) >= 11 is 0. The molecule has 0 heterocycles. The molecule has 1 aromatic carbocycles. The van der Waals surface area contributed by atoms with E-state index in [1.54, 1.807) is 0 Å². The molecule has 0 spiro atoms. The maximum absolute atomic E-state index is 10.9. The molecule has 0 aliphatic heterocycles. The van der Waals surface area contributed by atoms with Crippen LogP contribution in [0, 0.1) is 0 Å². The molecule has 0 unspecified atom stereocenters. The number of phenols is 1. The van der Waals surface area contributed by atoms with Crippen molar-refractivity contribution in [1.29, 1.82) is 0 Å². The average Bonchev–Trinajstić information content (AvgIpc) is 2.36. The molecule has 1 heteroatoms. The lowest BCUT2D eigenvalue weighted by atomic mass is 9.68. The third kappa shape index (κ3) is 3.34. The molecule has 1 aromatic rings. The largest absolute Gasteiger partial charge is 0.507 e. The summed E-state index contributed by atoms with van der Waals surface area (Å²) in [7, 11) is 0. The number of hydrogen-bond acceptors (Lipinski definition) is 1. The first-order chi connectivity index (χ1) is 9.95. The summed E-state index contributed by atoms with van der Waals surface area (Å²) in [5.41, 5.74) is 3.82. The fraction of sp³-hybridized carbons (Fsp3) is 0.714. The lowest BCUT2D eigenvalue weighted by Crippen LogP contribution is -2.27. The van der Waals surface area contributed by atoms with Crippen LogP contribution < -0.4 is 0 Å². The number of rotatable bonds is 1. The molecule has 0 amide bonds. The maximum Gasteiger partial charge on any atom is 0.123 e. The maximum atomic E-state index is 10.9. The Morgan fingerprint density at radius 2 is 1.23 bits per heavy atom. The predicted molar refractivity (Wildman–Crippen MR) is 95.9 cm³/mol. The lowest BCUT2D eigenvalue weighted by molar-refractivity contribution is 0.317. The van der Waals surface area contributed by atoms with E-state index in [1.807, 2.05) is 0 Å². The van der Waals surface area contributed by atoms with Crippen LogP contribution in [-0.4, -0.2) is 5.11 Å². The van der Waals surface area contributed by atoms with Gasteiger partial charge in [-0.15, -0.1) is 0 Å². The van der Waals surface area contributed by atoms with Crippen LogP contribution in [0.15, 0.2) is 12.1 Å². The van der Waals surface area contributed by atoms with Crippen LogP contribution in [-0.2, 0) is 16.2 Å². The summed E-state index contributed by atoms with van der Waals surface area (Å²) in [5.74, 6) is 0.503. The monoisotopic (exact) mass is 302 g/mol. The van der Waals surface area contributed by atoms with E-state index in [9.17, 15) is 5.11 Å². The third-order valence-corrected chi connectivity index (χ3v) is 5.38. The molecule has 0 atom stereocenters. The van der Waals surface area contributed by atoms with E-state index in [-0.39, 0.29) is 16.2 Å². The molecule has 0 bridgehead atoms. The molecule has 2 rings (SSSR count). The number of aromatic hydroxyl groups is 1. The molecular weight excluding hydrogens is 268 g/mol. The zero-order chi connectivity index (χ0) is 16.8. The summed E-state index contributed by atoms with van der Waals surface area (Å²) in [5, 5.41) is 10.9. The van der Waals surface area contributed by atoms with Crippen LogP contribution in [0.25, 0.3) is 0 Å². The lowest BCUT2D eigenvalue weighted by Gasteiger charge is -2.37. The van der Waals surface area contributed by atoms with E-state index >= 15 is 0 Å². The Bertz CT molecular complexity index is 499. The van der Waals surface area contributed by atoms with Gasteiger partial charge in [-0.1, -0.05) is 79.9 Å². The molecule has 124 valence electrons. The van der Waals surface area contributed by atoms with Gasteiger partial charge < -0.3 is 5.11 Å². The Morgan fingerprint density at radius 3 is 1.59 bits per heavy atom. The molecule has 1 aliphatic carbocycles. The van der Waals surface area contributed by atoms with Crippen molar-refractivity contribution in [1.82, 2.24) is 0 Å². The van der Waals surface area contributed by atoms with Gasteiger partial charge in [0.25, 0.3) is 0 Å². The van der Waals surface area contributed by atoms with E-state index in [4.69, 9.17) is 0 Å². The van der Waals surface area contributed by atoms with Crippen molar-refractivity contribution in [2.45, 2.75) is 96.8 Å². The zero-order valence-electron chi connectivity index (χ0n) is 15.6. The Labute approximate surface area is 137 Å². The topological polar surface area (TPSA) is 20.2 Å². The minimum atomic E-state index is -0.0366. The third-order valence-electron chi connectivity index (χ3n) is 5.38. The van der Waals surface area contributed by atoms with Crippen molar-refractivity contribution in [3.05, 3.63) is 28.8 Å². The minimum absolute atomic E-state index is 0.0366. The van der Waals surface area contributed by atoms with Gasteiger partial charge >= 0.3 is 0 Å². The predicted octanol–water partition coefficient (Wildman–Crippen LogP) is 6.21. The van der Waals surface area contributed by atoms with Gasteiger partial charge in [0.05, 0.1) is 0 Å². The second-order valence-electron chi connectivity index (χ2n) is 9.54. The minimum Gasteiger partial charge on any atom is -0.507 e. The summed E-state index contributed by atoms with van der Waals surface area (Å²) in [4.78, 5) is 0. The molecule has 1 nitrogen and oxygen atoms in total. The van der Waals surface area contributed by atoms with Crippen molar-refractivity contribution in [3.63, 3.8) is 0 Å². The van der Waals surface area contributed by atoms with Crippen molar-refractivity contribution in [2.24, 2.45) is 0 Å². The van der Waals surface area contributed by atoms with Crippen molar-refractivity contribution >= 4 is 0 Å². The van der Waals surface area contributed by atoms with Crippen molar-refractivity contribution in [3.8, 4) is 5.75 Å². The Kier molecular flexibility index (Phi) is 4.41. The van der Waals surface area contributed by atoms with Crippen molar-refractivity contribution < 1.29 is 5.11 Å². The molecule has 22 heavy (non-hydrogen) atoms. The Hall–Kier alpha value is -0.980. The number of phenolic OH excluding ortho intramolecular Hbond substituents is 1. The van der Waals surface area contributed by atoms with Crippen LogP contribution >= 0.6 is 0 Å². The van der Waals surface area contributed by atoms with Gasteiger partial charge in [0, 0.05) is 0 Å². The molecule has 1 saturated carbocycles. The van der Waals surface area contributed by atoms with Crippen LogP contribution in [0.3, 0.4) is 0 Å². The molecule has 1 N–H and O–H groups in total. The van der Waals surface area contributed by atoms with E-state index < -0.39 is 0 Å². The first-order valence-electron chi connectivity index (χ1n) is 8.84. The molecular formula is C21H34O. The highest BCUT2D eigenvalue weighted by Gasteiger charge is 2.33. The van der Waals surface area contributed by atoms with Gasteiger partial charge in [-0.25, -0.2) is 0 Å². The van der Waals surface area contributed by atoms with Crippen LogP contribution in [0.5, 0.6) is 5.75 Å². The van der Waals surface area contributed by atoms with E-state index in [2.05, 4.69) is 60.6 Å². The second kappa shape index (κ2) is 5.58. The van der Waals surface area contributed by atoms with Gasteiger partial charge in [0.1, 0.15) is 5.75 Å². The quantitative estimate of drug-likeness (QED) is 0.654.